The Bertz CT molecular complexity index is 465. The summed E-state index contributed by atoms with van der Waals surface area (Å²) in [5, 5.41) is 2.95. The van der Waals surface area contributed by atoms with Crippen LogP contribution in [0.2, 0.25) is 5.02 Å². The van der Waals surface area contributed by atoms with Gasteiger partial charge in [0.15, 0.2) is 0 Å². The van der Waals surface area contributed by atoms with Gasteiger partial charge in [0, 0.05) is 18.1 Å². The molecule has 0 heterocycles. The van der Waals surface area contributed by atoms with Crippen molar-refractivity contribution in [3.8, 4) is 0 Å². The first-order valence-electron chi connectivity index (χ1n) is 4.56. The van der Waals surface area contributed by atoms with Crippen molar-refractivity contribution in [3.05, 3.63) is 29.0 Å². The summed E-state index contributed by atoms with van der Waals surface area (Å²) in [4.78, 5) is -0.434. The molecule has 0 radical (unpaired) electrons. The minimum Gasteiger partial charge on any atom is -0.318 e. The highest BCUT2D eigenvalue weighted by Crippen LogP contribution is 2.19. The van der Waals surface area contributed by atoms with Crippen LogP contribution in [0, 0.1) is 5.82 Å². The van der Waals surface area contributed by atoms with Gasteiger partial charge in [0.1, 0.15) is 10.7 Å². The molecule has 0 aromatic heterocycles. The number of benzene rings is 1. The first kappa shape index (κ1) is 13.4. The monoisotopic (exact) mass is 266 g/mol. The van der Waals surface area contributed by atoms with Crippen molar-refractivity contribution in [1.82, 2.24) is 10.0 Å². The standard InChI is InChI=1S/C9H12ClFN2O2S/c1-12-4-5-13-16(14,15)9-6-7(10)2-3-8(9)11/h2-3,6,12-13H,4-5H2,1H3. The largest absolute Gasteiger partial charge is 0.318 e. The summed E-state index contributed by atoms with van der Waals surface area (Å²) in [7, 11) is -2.15. The molecule has 2 N–H and O–H groups in total. The second-order valence-corrected chi connectivity index (χ2v) is 5.25. The van der Waals surface area contributed by atoms with Gasteiger partial charge in [-0.25, -0.2) is 17.5 Å². The molecule has 16 heavy (non-hydrogen) atoms. The Kier molecular flexibility index (Phi) is 4.67. The molecule has 0 atom stereocenters. The van der Waals surface area contributed by atoms with E-state index in [-0.39, 0.29) is 11.6 Å². The SMILES string of the molecule is CNCCNS(=O)(=O)c1cc(Cl)ccc1F. The van der Waals surface area contributed by atoms with Crippen LogP contribution in [0.3, 0.4) is 0 Å². The molecule has 0 aliphatic carbocycles. The molecule has 4 nitrogen and oxygen atoms in total. The predicted octanol–water partition coefficient (Wildman–Crippen LogP) is 0.977. The second-order valence-electron chi connectivity index (χ2n) is 3.08. The molecule has 0 saturated heterocycles. The fourth-order valence-electron chi connectivity index (χ4n) is 1.07. The summed E-state index contributed by atoms with van der Waals surface area (Å²) >= 11 is 5.61. The van der Waals surface area contributed by atoms with Crippen LogP contribution in [0.25, 0.3) is 0 Å². The molecule has 90 valence electrons. The molecule has 0 aliphatic heterocycles. The Morgan fingerprint density at radius 1 is 1.38 bits per heavy atom. The highest BCUT2D eigenvalue weighted by atomic mass is 35.5. The molecular weight excluding hydrogens is 255 g/mol. The van der Waals surface area contributed by atoms with E-state index >= 15 is 0 Å². The van der Waals surface area contributed by atoms with E-state index in [1.807, 2.05) is 0 Å². The Hall–Kier alpha value is -0.690. The first-order valence-corrected chi connectivity index (χ1v) is 6.43. The third kappa shape index (κ3) is 3.41. The lowest BCUT2D eigenvalue weighted by molar-refractivity contribution is 0.556. The molecule has 1 aromatic carbocycles. The highest BCUT2D eigenvalue weighted by molar-refractivity contribution is 7.89. The highest BCUT2D eigenvalue weighted by Gasteiger charge is 2.18. The number of hydrogen-bond acceptors (Lipinski definition) is 3. The Morgan fingerprint density at radius 3 is 2.69 bits per heavy atom. The third-order valence-electron chi connectivity index (χ3n) is 1.85. The smallest absolute Gasteiger partial charge is 0.243 e. The summed E-state index contributed by atoms with van der Waals surface area (Å²) in [5.41, 5.74) is 0. The number of sulfonamides is 1. The van der Waals surface area contributed by atoms with E-state index in [4.69, 9.17) is 11.6 Å². The second kappa shape index (κ2) is 5.58. The molecule has 0 saturated carbocycles. The minimum absolute atomic E-state index is 0.176. The Balaban J connectivity index is 2.93. The van der Waals surface area contributed by atoms with E-state index in [1.165, 1.54) is 6.07 Å². The van der Waals surface area contributed by atoms with Gasteiger partial charge in [-0.15, -0.1) is 0 Å². The van der Waals surface area contributed by atoms with Crippen molar-refractivity contribution in [2.24, 2.45) is 0 Å². The van der Waals surface area contributed by atoms with Gasteiger partial charge < -0.3 is 5.32 Å². The maximum Gasteiger partial charge on any atom is 0.243 e. The molecule has 0 unspecified atom stereocenters. The fourth-order valence-corrected chi connectivity index (χ4v) is 2.44. The van der Waals surface area contributed by atoms with Crippen molar-refractivity contribution in [2.45, 2.75) is 4.90 Å². The molecule has 0 amide bonds. The van der Waals surface area contributed by atoms with E-state index < -0.39 is 20.7 Å². The van der Waals surface area contributed by atoms with E-state index in [1.54, 1.807) is 7.05 Å². The summed E-state index contributed by atoms with van der Waals surface area (Å²) in [5.74, 6) is -0.818. The lowest BCUT2D eigenvalue weighted by atomic mass is 10.3. The van der Waals surface area contributed by atoms with Gasteiger partial charge in [0.2, 0.25) is 10.0 Å². The van der Waals surface area contributed by atoms with Gasteiger partial charge in [-0.1, -0.05) is 11.6 Å². The van der Waals surface area contributed by atoms with Crippen LogP contribution in [0.5, 0.6) is 0 Å². The molecule has 0 bridgehead atoms. The van der Waals surface area contributed by atoms with Crippen molar-refractivity contribution in [1.29, 1.82) is 0 Å². The van der Waals surface area contributed by atoms with Gasteiger partial charge in [0.05, 0.1) is 0 Å². The van der Waals surface area contributed by atoms with Gasteiger partial charge in [0.25, 0.3) is 0 Å². The van der Waals surface area contributed by atoms with Crippen molar-refractivity contribution >= 4 is 21.6 Å². The molecule has 0 spiro atoms. The van der Waals surface area contributed by atoms with Crippen LogP contribution in [0.15, 0.2) is 23.1 Å². The number of likely N-dealkylation sites (N-methyl/N-ethyl adjacent to an activating group) is 1. The zero-order chi connectivity index (χ0) is 12.2. The van der Waals surface area contributed by atoms with Crippen molar-refractivity contribution in [2.75, 3.05) is 20.1 Å². The van der Waals surface area contributed by atoms with Gasteiger partial charge in [-0.2, -0.15) is 0 Å². The fraction of sp³-hybridized carbons (Fsp3) is 0.333. The van der Waals surface area contributed by atoms with E-state index in [0.29, 0.717) is 6.54 Å². The maximum absolute atomic E-state index is 13.3. The van der Waals surface area contributed by atoms with E-state index in [0.717, 1.165) is 12.1 Å². The van der Waals surface area contributed by atoms with Gasteiger partial charge in [-0.05, 0) is 25.2 Å². The van der Waals surface area contributed by atoms with Crippen molar-refractivity contribution in [3.63, 3.8) is 0 Å². The third-order valence-corrected chi connectivity index (χ3v) is 3.56. The van der Waals surface area contributed by atoms with Crippen LogP contribution in [0.4, 0.5) is 4.39 Å². The molecule has 1 aromatic rings. The molecule has 1 rings (SSSR count). The average molecular weight is 267 g/mol. The first-order chi connectivity index (χ1) is 7.47. The summed E-state index contributed by atoms with van der Waals surface area (Å²) in [6.07, 6.45) is 0. The maximum atomic E-state index is 13.3. The molecule has 7 heteroatoms. The lowest BCUT2D eigenvalue weighted by Gasteiger charge is -2.07. The Morgan fingerprint density at radius 2 is 2.06 bits per heavy atom. The molecular formula is C9H12ClFN2O2S. The summed E-state index contributed by atoms with van der Waals surface area (Å²) < 4.78 is 38.8. The predicted molar refractivity (Wildman–Crippen MR) is 60.5 cm³/mol. The number of hydrogen-bond donors (Lipinski definition) is 2. The van der Waals surface area contributed by atoms with Crippen LogP contribution < -0.4 is 10.0 Å². The number of rotatable bonds is 5. The topological polar surface area (TPSA) is 58.2 Å². The minimum atomic E-state index is -3.84. The number of halogens is 2. The summed E-state index contributed by atoms with van der Waals surface area (Å²) in [6, 6.07) is 3.40. The van der Waals surface area contributed by atoms with Crippen LogP contribution in [-0.4, -0.2) is 28.6 Å². The van der Waals surface area contributed by atoms with E-state index in [9.17, 15) is 12.8 Å². The molecule has 0 aliphatic rings. The van der Waals surface area contributed by atoms with Crippen LogP contribution >= 0.6 is 11.6 Å². The quantitative estimate of drug-likeness (QED) is 0.781. The van der Waals surface area contributed by atoms with Crippen LogP contribution in [-0.2, 0) is 10.0 Å². The Labute approximate surface area is 98.9 Å². The van der Waals surface area contributed by atoms with Gasteiger partial charge in [-0.3, -0.25) is 0 Å². The molecule has 0 fully saturated rings. The zero-order valence-corrected chi connectivity index (χ0v) is 10.2. The normalized spacial score (nSPS) is 11.7. The van der Waals surface area contributed by atoms with Crippen molar-refractivity contribution < 1.29 is 12.8 Å². The summed E-state index contributed by atoms with van der Waals surface area (Å²) in [6.45, 7) is 0.645. The zero-order valence-electron chi connectivity index (χ0n) is 8.63. The van der Waals surface area contributed by atoms with Gasteiger partial charge >= 0.3 is 0 Å². The lowest BCUT2D eigenvalue weighted by Crippen LogP contribution is -2.31. The number of nitrogens with one attached hydrogen (secondary N) is 2. The van der Waals surface area contributed by atoms with E-state index in [2.05, 4.69) is 10.0 Å². The average Bonchev–Trinajstić information content (AvgIpc) is 2.22. The van der Waals surface area contributed by atoms with Crippen LogP contribution in [0.1, 0.15) is 0 Å².